The van der Waals surface area contributed by atoms with E-state index in [1.807, 2.05) is 12.3 Å². The fraction of sp³-hybridized carbons (Fsp3) is 0.167. The molecule has 0 atom stereocenters. The molecule has 2 nitrogen and oxygen atoms in total. The van der Waals surface area contributed by atoms with Gasteiger partial charge in [-0.05, 0) is 25.1 Å². The van der Waals surface area contributed by atoms with Crippen LogP contribution in [0.5, 0.6) is 0 Å². The van der Waals surface area contributed by atoms with Gasteiger partial charge in [-0.2, -0.15) is 0 Å². The van der Waals surface area contributed by atoms with E-state index in [0.717, 1.165) is 5.01 Å². The van der Waals surface area contributed by atoms with Gasteiger partial charge in [0.2, 0.25) is 0 Å². The largest absolute Gasteiger partial charge is 0.294 e. The molecular formula is C12H9BrFNOS. The number of rotatable bonds is 3. The number of halogens is 2. The number of hydrogen-bond donors (Lipinski definition) is 0. The van der Waals surface area contributed by atoms with Crippen molar-refractivity contribution in [1.82, 2.24) is 4.98 Å². The molecule has 0 aliphatic heterocycles. The van der Waals surface area contributed by atoms with Crippen LogP contribution in [0.1, 0.15) is 21.1 Å². The Morgan fingerprint density at radius 3 is 2.94 bits per heavy atom. The Labute approximate surface area is 111 Å². The molecule has 0 radical (unpaired) electrons. The van der Waals surface area contributed by atoms with Gasteiger partial charge in [-0.1, -0.05) is 15.9 Å². The molecule has 1 heterocycles. The molecule has 0 unspecified atom stereocenters. The number of ketones is 1. The van der Waals surface area contributed by atoms with Crippen molar-refractivity contribution in [2.75, 3.05) is 0 Å². The standard InChI is InChI=1S/C12H9BrFNOS/c1-7-15-9(6-17-7)5-12(16)10-4-8(13)2-3-11(10)14/h2-4,6H,5H2,1H3. The molecule has 1 aromatic heterocycles. The first kappa shape index (κ1) is 12.4. The van der Waals surface area contributed by atoms with E-state index in [1.54, 1.807) is 6.07 Å². The maximum Gasteiger partial charge on any atom is 0.171 e. The summed E-state index contributed by atoms with van der Waals surface area (Å²) in [6.45, 7) is 1.87. The van der Waals surface area contributed by atoms with Crippen LogP contribution in [0.25, 0.3) is 0 Å². The highest BCUT2D eigenvalue weighted by molar-refractivity contribution is 9.10. The summed E-state index contributed by atoms with van der Waals surface area (Å²) in [6.07, 6.45) is 0.137. The van der Waals surface area contributed by atoms with Gasteiger partial charge in [0.15, 0.2) is 5.78 Å². The smallest absolute Gasteiger partial charge is 0.171 e. The lowest BCUT2D eigenvalue weighted by Gasteiger charge is -2.01. The third-order valence-electron chi connectivity index (χ3n) is 2.24. The Bertz CT molecular complexity index is 567. The van der Waals surface area contributed by atoms with Gasteiger partial charge in [0.05, 0.1) is 22.7 Å². The monoisotopic (exact) mass is 313 g/mol. The Morgan fingerprint density at radius 1 is 1.53 bits per heavy atom. The molecular weight excluding hydrogens is 305 g/mol. The number of benzene rings is 1. The second kappa shape index (κ2) is 5.06. The number of thiazole rings is 1. The van der Waals surface area contributed by atoms with Gasteiger partial charge in [-0.15, -0.1) is 11.3 Å². The second-order valence-corrected chi connectivity index (χ2v) is 5.56. The topological polar surface area (TPSA) is 30.0 Å². The van der Waals surface area contributed by atoms with E-state index in [-0.39, 0.29) is 17.8 Å². The molecule has 2 aromatic rings. The summed E-state index contributed by atoms with van der Waals surface area (Å²) in [5.74, 6) is -0.751. The summed E-state index contributed by atoms with van der Waals surface area (Å²) in [4.78, 5) is 16.1. The molecule has 88 valence electrons. The van der Waals surface area contributed by atoms with Crippen LogP contribution in [-0.4, -0.2) is 10.8 Å². The number of aromatic nitrogens is 1. The fourth-order valence-electron chi connectivity index (χ4n) is 1.46. The quantitative estimate of drug-likeness (QED) is 0.807. The first-order valence-corrected chi connectivity index (χ1v) is 6.63. The molecule has 1 aromatic carbocycles. The fourth-order valence-corrected chi connectivity index (χ4v) is 2.43. The summed E-state index contributed by atoms with van der Waals surface area (Å²) in [5, 5.41) is 2.73. The number of nitrogens with zero attached hydrogens (tertiary/aromatic N) is 1. The van der Waals surface area contributed by atoms with E-state index < -0.39 is 5.82 Å². The molecule has 0 aliphatic rings. The van der Waals surface area contributed by atoms with Gasteiger partial charge in [0, 0.05) is 9.85 Å². The van der Waals surface area contributed by atoms with E-state index in [9.17, 15) is 9.18 Å². The molecule has 0 aliphatic carbocycles. The van der Waals surface area contributed by atoms with Crippen LogP contribution >= 0.6 is 27.3 Å². The third-order valence-corrected chi connectivity index (χ3v) is 3.55. The van der Waals surface area contributed by atoms with Crippen molar-refractivity contribution < 1.29 is 9.18 Å². The van der Waals surface area contributed by atoms with Crippen molar-refractivity contribution in [2.24, 2.45) is 0 Å². The van der Waals surface area contributed by atoms with Gasteiger partial charge < -0.3 is 0 Å². The van der Waals surface area contributed by atoms with Gasteiger partial charge in [-0.3, -0.25) is 4.79 Å². The minimum absolute atomic E-state index is 0.102. The summed E-state index contributed by atoms with van der Waals surface area (Å²) >= 11 is 4.70. The van der Waals surface area contributed by atoms with Gasteiger partial charge in [0.25, 0.3) is 0 Å². The lowest BCUT2D eigenvalue weighted by molar-refractivity contribution is 0.0988. The average Bonchev–Trinajstić information content (AvgIpc) is 2.67. The van der Waals surface area contributed by atoms with Gasteiger partial charge in [0.1, 0.15) is 5.82 Å². The summed E-state index contributed by atoms with van der Waals surface area (Å²) in [6, 6.07) is 4.35. The van der Waals surface area contributed by atoms with Crippen molar-refractivity contribution in [1.29, 1.82) is 0 Å². The van der Waals surface area contributed by atoms with E-state index in [1.165, 1.54) is 23.5 Å². The Hall–Kier alpha value is -1.07. The number of carbonyl (C=O) groups excluding carboxylic acids is 1. The third kappa shape index (κ3) is 2.98. The highest BCUT2D eigenvalue weighted by atomic mass is 79.9. The zero-order valence-electron chi connectivity index (χ0n) is 9.04. The van der Waals surface area contributed by atoms with Crippen molar-refractivity contribution in [3.63, 3.8) is 0 Å². The SMILES string of the molecule is Cc1nc(CC(=O)c2cc(Br)ccc2F)cs1. The number of aryl methyl sites for hydroxylation is 1. The molecule has 0 amide bonds. The normalized spacial score (nSPS) is 10.5. The van der Waals surface area contributed by atoms with Crippen LogP contribution in [0.4, 0.5) is 4.39 Å². The summed E-state index contributed by atoms with van der Waals surface area (Å²) in [5.41, 5.74) is 0.793. The molecule has 17 heavy (non-hydrogen) atoms. The van der Waals surface area contributed by atoms with E-state index >= 15 is 0 Å². The lowest BCUT2D eigenvalue weighted by atomic mass is 10.1. The molecule has 0 saturated heterocycles. The molecule has 0 spiro atoms. The number of Topliss-reactive ketones (excluding diaryl/α,β-unsaturated/α-hetero) is 1. The van der Waals surface area contributed by atoms with Crippen LogP contribution < -0.4 is 0 Å². The van der Waals surface area contributed by atoms with Crippen molar-refractivity contribution >= 4 is 33.0 Å². The highest BCUT2D eigenvalue weighted by Crippen LogP contribution is 2.18. The summed E-state index contributed by atoms with van der Waals surface area (Å²) in [7, 11) is 0. The predicted molar refractivity (Wildman–Crippen MR) is 69.0 cm³/mol. The predicted octanol–water partition coefficient (Wildman–Crippen LogP) is 3.78. The van der Waals surface area contributed by atoms with E-state index in [2.05, 4.69) is 20.9 Å². The maximum absolute atomic E-state index is 13.5. The van der Waals surface area contributed by atoms with Gasteiger partial charge >= 0.3 is 0 Å². The Balaban J connectivity index is 2.22. The van der Waals surface area contributed by atoms with Crippen LogP contribution in [0.2, 0.25) is 0 Å². The number of carbonyl (C=O) groups is 1. The Kier molecular flexibility index (Phi) is 3.69. The zero-order valence-corrected chi connectivity index (χ0v) is 11.4. The molecule has 0 fully saturated rings. The van der Waals surface area contributed by atoms with Crippen molar-refractivity contribution in [3.05, 3.63) is 50.1 Å². The Morgan fingerprint density at radius 2 is 2.29 bits per heavy atom. The first-order chi connectivity index (χ1) is 8.06. The molecule has 2 rings (SSSR count). The number of hydrogen-bond acceptors (Lipinski definition) is 3. The molecule has 0 saturated carbocycles. The molecule has 0 N–H and O–H groups in total. The molecule has 5 heteroatoms. The van der Waals surface area contributed by atoms with Crippen LogP contribution in [-0.2, 0) is 6.42 Å². The highest BCUT2D eigenvalue weighted by Gasteiger charge is 2.14. The molecule has 0 bridgehead atoms. The average molecular weight is 314 g/mol. The van der Waals surface area contributed by atoms with E-state index in [0.29, 0.717) is 10.2 Å². The van der Waals surface area contributed by atoms with E-state index in [4.69, 9.17) is 0 Å². The van der Waals surface area contributed by atoms with Crippen molar-refractivity contribution in [2.45, 2.75) is 13.3 Å². The minimum atomic E-state index is -0.495. The van der Waals surface area contributed by atoms with Crippen LogP contribution in [0, 0.1) is 12.7 Å². The zero-order chi connectivity index (χ0) is 12.4. The second-order valence-electron chi connectivity index (χ2n) is 3.58. The first-order valence-electron chi connectivity index (χ1n) is 4.95. The maximum atomic E-state index is 13.5. The van der Waals surface area contributed by atoms with Crippen LogP contribution in [0.15, 0.2) is 28.1 Å². The van der Waals surface area contributed by atoms with Crippen molar-refractivity contribution in [3.8, 4) is 0 Å². The minimum Gasteiger partial charge on any atom is -0.294 e. The van der Waals surface area contributed by atoms with Crippen LogP contribution in [0.3, 0.4) is 0 Å². The van der Waals surface area contributed by atoms with Gasteiger partial charge in [-0.25, -0.2) is 9.37 Å². The lowest BCUT2D eigenvalue weighted by Crippen LogP contribution is -2.06. The summed E-state index contributed by atoms with van der Waals surface area (Å²) < 4.78 is 14.2.